The first kappa shape index (κ1) is 24.1. The van der Waals surface area contributed by atoms with Gasteiger partial charge in [-0.3, -0.25) is 9.78 Å². The molecule has 0 unspecified atom stereocenters. The number of nitrogens with two attached hydrogens (primary N) is 1. The number of carbonyl (C=O) groups excluding carboxylic acids is 2. The Balaban J connectivity index is 2.12. The molecule has 2 rings (SSSR count). The molecule has 7 nitrogen and oxygen atoms in total. The second-order valence-electron chi connectivity index (χ2n) is 8.71. The summed E-state index contributed by atoms with van der Waals surface area (Å²) in [6.45, 7) is 9.58. The monoisotopic (exact) mass is 431 g/mol. The third-order valence-electron chi connectivity index (χ3n) is 4.25. The minimum absolute atomic E-state index is 0.133. The molecule has 1 heterocycles. The summed E-state index contributed by atoms with van der Waals surface area (Å²) in [5, 5.41) is 2.81. The van der Waals surface area contributed by atoms with E-state index < -0.39 is 23.4 Å². The van der Waals surface area contributed by atoms with E-state index in [0.717, 1.165) is 0 Å². The molecule has 0 aliphatic heterocycles. The van der Waals surface area contributed by atoms with Gasteiger partial charge < -0.3 is 20.5 Å². The lowest BCUT2D eigenvalue weighted by Crippen LogP contribution is -2.42. The van der Waals surface area contributed by atoms with Crippen LogP contribution in [0.5, 0.6) is 5.75 Å². The average Bonchev–Trinajstić information content (AvgIpc) is 2.64. The van der Waals surface area contributed by atoms with Crippen LogP contribution in [-0.2, 0) is 4.74 Å². The molecule has 8 heteroatoms. The van der Waals surface area contributed by atoms with E-state index in [1.54, 1.807) is 26.8 Å². The number of alkyl carbamates (subject to hydrolysis) is 1. The highest BCUT2D eigenvalue weighted by Crippen LogP contribution is 2.28. The van der Waals surface area contributed by atoms with Crippen LogP contribution in [0, 0.1) is 11.7 Å². The van der Waals surface area contributed by atoms with Gasteiger partial charge in [-0.1, -0.05) is 13.8 Å². The number of halogens is 1. The highest BCUT2D eigenvalue weighted by atomic mass is 19.1. The van der Waals surface area contributed by atoms with Crippen molar-refractivity contribution in [1.29, 1.82) is 0 Å². The molecule has 0 bridgehead atoms. The van der Waals surface area contributed by atoms with E-state index in [1.165, 1.54) is 30.6 Å². The van der Waals surface area contributed by atoms with Crippen LogP contribution < -0.4 is 15.8 Å². The first-order chi connectivity index (χ1) is 14.5. The van der Waals surface area contributed by atoms with Crippen molar-refractivity contribution in [2.24, 2.45) is 11.7 Å². The standard InChI is InChI=1S/C23H30FN3O4/c1-14(2)10-15(27-22(29)31-23(3,4)5)13-30-16-6-7-18(20(24)11-16)17-8-9-26-12-19(17)21(25)28/h6-9,11-12,14-15H,10,13H2,1-5H3,(H2,25,28)(H,27,29)/t15-/m0/s1. The largest absolute Gasteiger partial charge is 0.491 e. The van der Waals surface area contributed by atoms with Gasteiger partial charge in [0.2, 0.25) is 0 Å². The summed E-state index contributed by atoms with van der Waals surface area (Å²) in [6.07, 6.45) is 2.91. The maximum absolute atomic E-state index is 14.8. The van der Waals surface area contributed by atoms with E-state index in [2.05, 4.69) is 10.3 Å². The van der Waals surface area contributed by atoms with Crippen molar-refractivity contribution >= 4 is 12.0 Å². The minimum Gasteiger partial charge on any atom is -0.491 e. The predicted molar refractivity (Wildman–Crippen MR) is 116 cm³/mol. The van der Waals surface area contributed by atoms with Crippen molar-refractivity contribution in [2.75, 3.05) is 6.61 Å². The Morgan fingerprint density at radius 2 is 1.90 bits per heavy atom. The Morgan fingerprint density at radius 3 is 2.48 bits per heavy atom. The molecule has 0 aliphatic rings. The van der Waals surface area contributed by atoms with Gasteiger partial charge in [0.15, 0.2) is 0 Å². The smallest absolute Gasteiger partial charge is 0.407 e. The van der Waals surface area contributed by atoms with E-state index in [9.17, 15) is 14.0 Å². The number of benzene rings is 1. The fourth-order valence-electron chi connectivity index (χ4n) is 3.04. The van der Waals surface area contributed by atoms with E-state index in [1.807, 2.05) is 13.8 Å². The second kappa shape index (κ2) is 10.2. The van der Waals surface area contributed by atoms with Gasteiger partial charge in [-0.15, -0.1) is 0 Å². The molecular weight excluding hydrogens is 401 g/mol. The zero-order chi connectivity index (χ0) is 23.2. The van der Waals surface area contributed by atoms with Crippen LogP contribution in [0.3, 0.4) is 0 Å². The molecule has 1 aromatic carbocycles. The van der Waals surface area contributed by atoms with Gasteiger partial charge >= 0.3 is 6.09 Å². The fraction of sp³-hybridized carbons (Fsp3) is 0.435. The number of aromatic nitrogens is 1. The van der Waals surface area contributed by atoms with Crippen LogP contribution >= 0.6 is 0 Å². The zero-order valence-electron chi connectivity index (χ0n) is 18.6. The molecule has 0 radical (unpaired) electrons. The summed E-state index contributed by atoms with van der Waals surface area (Å²) in [6, 6.07) is 5.58. The van der Waals surface area contributed by atoms with Crippen LogP contribution in [-0.4, -0.2) is 35.2 Å². The molecule has 2 aromatic rings. The number of carbonyl (C=O) groups is 2. The van der Waals surface area contributed by atoms with Gasteiger partial charge in [-0.05, 0) is 51.3 Å². The van der Waals surface area contributed by atoms with Gasteiger partial charge in [0.1, 0.15) is 23.8 Å². The molecule has 0 saturated carbocycles. The van der Waals surface area contributed by atoms with E-state index in [0.29, 0.717) is 23.7 Å². The van der Waals surface area contributed by atoms with Gasteiger partial charge in [0.05, 0.1) is 11.6 Å². The summed E-state index contributed by atoms with van der Waals surface area (Å²) in [5.41, 5.74) is 5.46. The Morgan fingerprint density at radius 1 is 1.19 bits per heavy atom. The molecule has 0 aliphatic carbocycles. The SMILES string of the molecule is CC(C)C[C@@H](COc1ccc(-c2ccncc2C(N)=O)c(F)c1)NC(=O)OC(C)(C)C. The molecule has 3 N–H and O–H groups in total. The van der Waals surface area contributed by atoms with E-state index in [4.69, 9.17) is 15.2 Å². The summed E-state index contributed by atoms with van der Waals surface area (Å²) < 4.78 is 25.8. The van der Waals surface area contributed by atoms with E-state index in [-0.39, 0.29) is 23.8 Å². The van der Waals surface area contributed by atoms with Crippen molar-refractivity contribution in [2.45, 2.75) is 52.7 Å². The maximum Gasteiger partial charge on any atom is 0.407 e. The molecule has 31 heavy (non-hydrogen) atoms. The molecule has 168 valence electrons. The van der Waals surface area contributed by atoms with Gasteiger partial charge in [0.25, 0.3) is 5.91 Å². The Bertz CT molecular complexity index is 925. The average molecular weight is 432 g/mol. The number of rotatable bonds is 8. The number of nitrogens with zero attached hydrogens (tertiary/aromatic N) is 1. The lowest BCUT2D eigenvalue weighted by molar-refractivity contribution is 0.0480. The number of pyridine rings is 1. The number of nitrogens with one attached hydrogen (secondary N) is 1. The minimum atomic E-state index is -0.687. The molecule has 2 amide bonds. The van der Waals surface area contributed by atoms with Gasteiger partial charge in [-0.25, -0.2) is 9.18 Å². The maximum atomic E-state index is 14.8. The number of ether oxygens (including phenoxy) is 2. The summed E-state index contributed by atoms with van der Waals surface area (Å²) in [4.78, 5) is 27.6. The number of hydrogen-bond acceptors (Lipinski definition) is 5. The Hall–Kier alpha value is -3.16. The summed E-state index contributed by atoms with van der Waals surface area (Å²) in [5.74, 6) is -0.642. The third-order valence-corrected chi connectivity index (χ3v) is 4.25. The van der Waals surface area contributed by atoms with Crippen molar-refractivity contribution in [3.05, 3.63) is 48.0 Å². The van der Waals surface area contributed by atoms with E-state index >= 15 is 0 Å². The lowest BCUT2D eigenvalue weighted by Gasteiger charge is -2.24. The van der Waals surface area contributed by atoms with Crippen molar-refractivity contribution in [3.8, 4) is 16.9 Å². The normalized spacial score (nSPS) is 12.4. The summed E-state index contributed by atoms with van der Waals surface area (Å²) in [7, 11) is 0. The second-order valence-corrected chi connectivity index (χ2v) is 8.71. The Kier molecular flexibility index (Phi) is 7.96. The topological polar surface area (TPSA) is 104 Å². The summed E-state index contributed by atoms with van der Waals surface area (Å²) >= 11 is 0. The zero-order valence-corrected chi connectivity index (χ0v) is 18.6. The highest BCUT2D eigenvalue weighted by Gasteiger charge is 2.21. The van der Waals surface area contributed by atoms with Crippen molar-refractivity contribution in [1.82, 2.24) is 10.3 Å². The van der Waals surface area contributed by atoms with Crippen LogP contribution in [0.15, 0.2) is 36.7 Å². The Labute approximate surface area is 182 Å². The van der Waals surface area contributed by atoms with Crippen molar-refractivity contribution in [3.63, 3.8) is 0 Å². The van der Waals surface area contributed by atoms with Crippen molar-refractivity contribution < 1.29 is 23.5 Å². The first-order valence-electron chi connectivity index (χ1n) is 10.1. The lowest BCUT2D eigenvalue weighted by atomic mass is 10.0. The first-order valence-corrected chi connectivity index (χ1v) is 10.1. The fourth-order valence-corrected chi connectivity index (χ4v) is 3.04. The molecule has 0 saturated heterocycles. The highest BCUT2D eigenvalue weighted by molar-refractivity contribution is 5.99. The van der Waals surface area contributed by atoms with Crippen LogP contribution in [0.25, 0.3) is 11.1 Å². The predicted octanol–water partition coefficient (Wildman–Crippen LogP) is 4.30. The molecule has 1 aromatic heterocycles. The third kappa shape index (κ3) is 7.55. The number of amides is 2. The molecular formula is C23H30FN3O4. The molecule has 0 spiro atoms. The van der Waals surface area contributed by atoms with Gasteiger partial charge in [0, 0.05) is 29.6 Å². The van der Waals surface area contributed by atoms with Crippen LogP contribution in [0.1, 0.15) is 51.4 Å². The number of hydrogen-bond donors (Lipinski definition) is 2. The molecule has 0 fully saturated rings. The van der Waals surface area contributed by atoms with Crippen LogP contribution in [0.4, 0.5) is 9.18 Å². The molecule has 1 atom stereocenters. The van der Waals surface area contributed by atoms with Gasteiger partial charge in [-0.2, -0.15) is 0 Å². The van der Waals surface area contributed by atoms with Crippen LogP contribution in [0.2, 0.25) is 0 Å². The number of primary amides is 1. The quantitative estimate of drug-likeness (QED) is 0.648.